The summed E-state index contributed by atoms with van der Waals surface area (Å²) >= 11 is 8.18. The second-order valence-corrected chi connectivity index (χ2v) is 13.5. The Labute approximate surface area is 314 Å². The van der Waals surface area contributed by atoms with E-state index in [0.29, 0.717) is 18.0 Å². The number of nitrogen functional groups attached to an aromatic ring is 1. The SMILES string of the molecule is Cn1ncc(N)c1C(N)=O.Cn1ncc(NC(=O)c2csc(-c3ccc4c(c3)CCO4)n2)c1C(N)=O.O=C(Cl)c1csc(-c2ccc3c(c2)CCO3)n1. The molecule has 0 bridgehead atoms. The number of anilines is 2. The van der Waals surface area contributed by atoms with E-state index in [0.717, 1.165) is 57.7 Å². The molecule has 53 heavy (non-hydrogen) atoms. The third-order valence-electron chi connectivity index (χ3n) is 7.94. The summed E-state index contributed by atoms with van der Waals surface area (Å²) in [5, 5.41) is 14.7. The Bertz CT molecular complexity index is 2340. The first-order valence-corrected chi connectivity index (χ1v) is 17.9. The average Bonchev–Trinajstić information content (AvgIpc) is 3.98. The molecule has 4 aromatic heterocycles. The smallest absolute Gasteiger partial charge is 0.275 e. The van der Waals surface area contributed by atoms with Gasteiger partial charge in [0, 0.05) is 48.8 Å². The van der Waals surface area contributed by atoms with Crippen molar-refractivity contribution >= 4 is 68.6 Å². The average molecular weight is 775 g/mol. The number of carbonyl (C=O) groups is 4. The Hall–Kier alpha value is -6.11. The number of aryl methyl sites for hydroxylation is 2. The van der Waals surface area contributed by atoms with E-state index < -0.39 is 23.0 Å². The Balaban J connectivity index is 0.000000152. The summed E-state index contributed by atoms with van der Waals surface area (Å²) in [7, 11) is 3.19. The number of benzene rings is 2. The number of aromatic nitrogens is 6. The molecule has 0 saturated carbocycles. The van der Waals surface area contributed by atoms with Crippen molar-refractivity contribution in [1.82, 2.24) is 29.5 Å². The molecule has 0 fully saturated rings. The fraction of sp³-hybridized carbons (Fsp3) is 0.176. The maximum Gasteiger partial charge on any atom is 0.275 e. The molecular formula is C34H31ClN10O6S2. The summed E-state index contributed by atoms with van der Waals surface area (Å²) in [5.41, 5.74) is 21.5. The number of carbonyl (C=O) groups excluding carboxylic acids is 4. The van der Waals surface area contributed by atoms with Crippen molar-refractivity contribution in [3.8, 4) is 32.6 Å². The number of primary amides is 2. The zero-order chi connectivity index (χ0) is 37.8. The minimum absolute atomic E-state index is 0.132. The molecule has 7 N–H and O–H groups in total. The molecule has 6 heterocycles. The third-order valence-corrected chi connectivity index (χ3v) is 9.91. The van der Waals surface area contributed by atoms with E-state index in [1.165, 1.54) is 50.0 Å². The van der Waals surface area contributed by atoms with Gasteiger partial charge in [0.05, 0.1) is 37.0 Å². The number of nitrogens with zero attached hydrogens (tertiary/aromatic N) is 6. The normalized spacial score (nSPS) is 12.2. The van der Waals surface area contributed by atoms with Crippen LogP contribution in [0.1, 0.15) is 53.1 Å². The molecule has 16 nitrogen and oxygen atoms in total. The molecule has 272 valence electrons. The molecule has 0 aliphatic carbocycles. The van der Waals surface area contributed by atoms with Crippen molar-refractivity contribution in [3.05, 3.63) is 93.5 Å². The van der Waals surface area contributed by atoms with Gasteiger partial charge in [-0.3, -0.25) is 28.5 Å². The third kappa shape index (κ3) is 8.19. The Morgan fingerprint density at radius 2 is 1.28 bits per heavy atom. The van der Waals surface area contributed by atoms with Gasteiger partial charge in [0.1, 0.15) is 44.3 Å². The molecule has 0 spiro atoms. The molecule has 0 radical (unpaired) electrons. The van der Waals surface area contributed by atoms with Crippen molar-refractivity contribution in [2.75, 3.05) is 24.3 Å². The van der Waals surface area contributed by atoms with E-state index >= 15 is 0 Å². The van der Waals surface area contributed by atoms with Crippen molar-refractivity contribution < 1.29 is 28.7 Å². The van der Waals surface area contributed by atoms with E-state index in [2.05, 4.69) is 31.5 Å². The predicted molar refractivity (Wildman–Crippen MR) is 199 cm³/mol. The van der Waals surface area contributed by atoms with Crippen LogP contribution in [0, 0.1) is 0 Å². The van der Waals surface area contributed by atoms with E-state index in [4.69, 9.17) is 38.3 Å². The fourth-order valence-electron chi connectivity index (χ4n) is 5.41. The van der Waals surface area contributed by atoms with Crippen molar-refractivity contribution in [1.29, 1.82) is 0 Å². The van der Waals surface area contributed by atoms with Crippen LogP contribution >= 0.6 is 34.3 Å². The number of amides is 3. The summed E-state index contributed by atoms with van der Waals surface area (Å²) in [4.78, 5) is 54.1. The van der Waals surface area contributed by atoms with E-state index in [1.54, 1.807) is 24.9 Å². The molecule has 8 rings (SSSR count). The largest absolute Gasteiger partial charge is 0.493 e. The number of thiazole rings is 2. The number of fused-ring (bicyclic) bond motifs is 2. The summed E-state index contributed by atoms with van der Waals surface area (Å²) in [6.07, 6.45) is 4.57. The summed E-state index contributed by atoms with van der Waals surface area (Å²) < 4.78 is 13.6. The molecule has 19 heteroatoms. The first-order chi connectivity index (χ1) is 25.4. The Morgan fingerprint density at radius 3 is 1.75 bits per heavy atom. The lowest BCUT2D eigenvalue weighted by atomic mass is 10.1. The maximum atomic E-state index is 12.5. The lowest BCUT2D eigenvalue weighted by Crippen LogP contribution is -2.20. The lowest BCUT2D eigenvalue weighted by Gasteiger charge is -2.03. The first-order valence-electron chi connectivity index (χ1n) is 15.7. The lowest BCUT2D eigenvalue weighted by molar-refractivity contribution is 0.0982. The highest BCUT2D eigenvalue weighted by Crippen LogP contribution is 2.33. The first kappa shape index (κ1) is 36.7. The standard InChI is InChI=1S/C17H15N5O3S.C12H8ClNO2S.C5H8N4O/c1-22-14(15(18)23)11(7-19-22)20-16(24)12-8-26-17(21-12)10-2-3-13-9(6-10)4-5-25-13;13-11(15)9-6-17-12(14-9)8-1-2-10-7(5-8)3-4-16-10;1-9-4(5(7)10)3(6)2-8-9/h2-3,6-8H,4-5H2,1H3,(H2,18,23)(H,20,24);1-2,5-6H,3-4H2;2H,6H2,1H3,(H2,7,10). The zero-order valence-electron chi connectivity index (χ0n) is 28.2. The van der Waals surface area contributed by atoms with Crippen molar-refractivity contribution in [2.45, 2.75) is 12.8 Å². The highest BCUT2D eigenvalue weighted by molar-refractivity contribution is 7.13. The van der Waals surface area contributed by atoms with Crippen molar-refractivity contribution in [2.24, 2.45) is 25.6 Å². The fourth-order valence-corrected chi connectivity index (χ4v) is 7.17. The highest BCUT2D eigenvalue weighted by atomic mass is 35.5. The quantitative estimate of drug-likeness (QED) is 0.169. The minimum atomic E-state index is -0.667. The van der Waals surface area contributed by atoms with Crippen molar-refractivity contribution in [3.63, 3.8) is 0 Å². The van der Waals surface area contributed by atoms with Gasteiger partial charge in [-0.1, -0.05) is 0 Å². The van der Waals surface area contributed by atoms with Crippen LogP contribution in [-0.4, -0.2) is 65.7 Å². The van der Waals surface area contributed by atoms with Crippen LogP contribution in [0.5, 0.6) is 11.5 Å². The second-order valence-electron chi connectivity index (χ2n) is 11.5. The van der Waals surface area contributed by atoms with Gasteiger partial charge in [-0.05, 0) is 59.1 Å². The van der Waals surface area contributed by atoms with Gasteiger partial charge >= 0.3 is 0 Å². The maximum absolute atomic E-state index is 12.5. The Kier molecular flexibility index (Phi) is 10.8. The second kappa shape index (κ2) is 15.6. The zero-order valence-corrected chi connectivity index (χ0v) is 30.6. The van der Waals surface area contributed by atoms with Crippen LogP contribution in [0.15, 0.2) is 59.6 Å². The van der Waals surface area contributed by atoms with E-state index in [1.807, 2.05) is 30.3 Å². The highest BCUT2D eigenvalue weighted by Gasteiger charge is 2.20. The van der Waals surface area contributed by atoms with Crippen LogP contribution in [0.2, 0.25) is 0 Å². The molecule has 3 amide bonds. The number of halogens is 1. The number of rotatable bonds is 7. The van der Waals surface area contributed by atoms with Crippen LogP contribution in [0.3, 0.4) is 0 Å². The summed E-state index contributed by atoms with van der Waals surface area (Å²) in [6.45, 7) is 1.43. The van der Waals surface area contributed by atoms with Gasteiger partial charge in [0.25, 0.3) is 23.0 Å². The molecule has 6 aromatic rings. The monoisotopic (exact) mass is 774 g/mol. The van der Waals surface area contributed by atoms with Gasteiger partial charge < -0.3 is 32.0 Å². The van der Waals surface area contributed by atoms with Gasteiger partial charge in [-0.25, -0.2) is 9.97 Å². The van der Waals surface area contributed by atoms with Crippen LogP contribution in [-0.2, 0) is 26.9 Å². The van der Waals surface area contributed by atoms with E-state index in [-0.39, 0.29) is 22.8 Å². The predicted octanol–water partition coefficient (Wildman–Crippen LogP) is 4.05. The van der Waals surface area contributed by atoms with Gasteiger partial charge in [-0.2, -0.15) is 10.2 Å². The Morgan fingerprint density at radius 1 is 0.774 bits per heavy atom. The minimum Gasteiger partial charge on any atom is -0.493 e. The number of nitrogens with two attached hydrogens (primary N) is 3. The molecule has 2 aliphatic rings. The number of hydrogen-bond acceptors (Lipinski definition) is 13. The summed E-state index contributed by atoms with van der Waals surface area (Å²) in [6, 6.07) is 11.8. The number of hydrogen-bond donors (Lipinski definition) is 4. The van der Waals surface area contributed by atoms with E-state index in [9.17, 15) is 19.2 Å². The number of ether oxygens (including phenoxy) is 2. The summed E-state index contributed by atoms with van der Waals surface area (Å²) in [5.74, 6) is 0.197. The van der Waals surface area contributed by atoms with Gasteiger partial charge in [-0.15, -0.1) is 22.7 Å². The van der Waals surface area contributed by atoms with Crippen LogP contribution in [0.25, 0.3) is 21.1 Å². The van der Waals surface area contributed by atoms with Crippen LogP contribution < -0.4 is 32.0 Å². The molecule has 2 aliphatic heterocycles. The van der Waals surface area contributed by atoms with Gasteiger partial charge in [0.2, 0.25) is 0 Å². The van der Waals surface area contributed by atoms with Crippen LogP contribution in [0.4, 0.5) is 11.4 Å². The molecule has 0 unspecified atom stereocenters. The molecular weight excluding hydrogens is 744 g/mol. The molecule has 0 atom stereocenters. The topological polar surface area (TPSA) is 238 Å². The molecule has 0 saturated heterocycles. The number of nitrogens with one attached hydrogen (secondary N) is 1. The van der Waals surface area contributed by atoms with Gasteiger partial charge in [0.15, 0.2) is 0 Å². The molecule has 2 aromatic carbocycles.